The minimum atomic E-state index is -0.618. The number of benzene rings is 2. The van der Waals surface area contributed by atoms with Crippen LogP contribution in [-0.4, -0.2) is 34.6 Å². The summed E-state index contributed by atoms with van der Waals surface area (Å²) in [5.41, 5.74) is 1.71. The molecule has 0 bridgehead atoms. The van der Waals surface area contributed by atoms with E-state index in [1.54, 1.807) is 36.1 Å². The lowest BCUT2D eigenvalue weighted by Gasteiger charge is -2.30. The molecule has 178 valence electrons. The lowest BCUT2D eigenvalue weighted by Crippen LogP contribution is -2.50. The van der Waals surface area contributed by atoms with Crippen molar-refractivity contribution in [1.29, 1.82) is 0 Å². The smallest absolute Gasteiger partial charge is 0.242 e. The molecule has 2 aromatic rings. The first-order valence-corrected chi connectivity index (χ1v) is 13.5. The fraction of sp³-hybridized carbons (Fsp3) is 0.417. The number of amides is 2. The van der Waals surface area contributed by atoms with Crippen LogP contribution in [0.25, 0.3) is 0 Å². The first-order chi connectivity index (χ1) is 15.7. The first-order valence-electron chi connectivity index (χ1n) is 10.8. The van der Waals surface area contributed by atoms with E-state index in [-0.39, 0.29) is 30.2 Å². The molecule has 0 aromatic heterocycles. The molecule has 0 spiro atoms. The Kier molecular flexibility index (Phi) is 10.1. The Morgan fingerprint density at radius 1 is 1.03 bits per heavy atom. The monoisotopic (exact) mass is 546 g/mol. The molecule has 9 heteroatoms. The lowest BCUT2D eigenvalue weighted by atomic mass is 10.1. The van der Waals surface area contributed by atoms with E-state index < -0.39 is 6.04 Å². The highest BCUT2D eigenvalue weighted by Crippen LogP contribution is 2.26. The van der Waals surface area contributed by atoms with Crippen molar-refractivity contribution in [3.63, 3.8) is 0 Å². The van der Waals surface area contributed by atoms with Crippen LogP contribution in [0, 0.1) is 0 Å². The van der Waals surface area contributed by atoms with Gasteiger partial charge in [-0.25, -0.2) is 0 Å². The number of thioether (sulfide) groups is 1. The standard InChI is InChI=1S/C24H26Cl4N2O2S/c1-15(24(32)29-19-4-2-3-5-19)30(12-16-6-9-20(26)22(28)10-16)23(31)14-33-13-17-7-8-18(25)11-21(17)27/h6-11,15,19H,2-5,12-14H2,1H3,(H,29,32). The summed E-state index contributed by atoms with van der Waals surface area (Å²) in [6.45, 7) is 2.03. The van der Waals surface area contributed by atoms with Crippen LogP contribution >= 0.6 is 58.2 Å². The van der Waals surface area contributed by atoms with E-state index in [2.05, 4.69) is 5.32 Å². The fourth-order valence-corrected chi connectivity index (χ4v) is 5.57. The zero-order valence-corrected chi connectivity index (χ0v) is 22.1. The van der Waals surface area contributed by atoms with Crippen molar-refractivity contribution in [3.8, 4) is 0 Å². The Morgan fingerprint density at radius 3 is 2.42 bits per heavy atom. The average Bonchev–Trinajstić information content (AvgIpc) is 3.28. The first kappa shape index (κ1) is 26.5. The maximum Gasteiger partial charge on any atom is 0.242 e. The van der Waals surface area contributed by atoms with Gasteiger partial charge in [-0.2, -0.15) is 0 Å². The van der Waals surface area contributed by atoms with Gasteiger partial charge in [-0.15, -0.1) is 11.8 Å². The molecular weight excluding hydrogens is 522 g/mol. The van der Waals surface area contributed by atoms with Crippen LogP contribution in [0.1, 0.15) is 43.7 Å². The number of rotatable bonds is 9. The molecule has 1 aliphatic rings. The molecule has 33 heavy (non-hydrogen) atoms. The van der Waals surface area contributed by atoms with Crippen molar-refractivity contribution in [1.82, 2.24) is 10.2 Å². The Labute approximate surface area is 219 Å². The van der Waals surface area contributed by atoms with Gasteiger partial charge >= 0.3 is 0 Å². The van der Waals surface area contributed by atoms with Gasteiger partial charge in [0.25, 0.3) is 0 Å². The maximum absolute atomic E-state index is 13.2. The van der Waals surface area contributed by atoms with Gasteiger partial charge in [0.15, 0.2) is 0 Å². The summed E-state index contributed by atoms with van der Waals surface area (Å²) in [7, 11) is 0. The van der Waals surface area contributed by atoms with Gasteiger partial charge < -0.3 is 10.2 Å². The molecule has 1 N–H and O–H groups in total. The molecule has 3 rings (SSSR count). The molecule has 0 aliphatic heterocycles. The zero-order chi connectivity index (χ0) is 24.0. The third-order valence-corrected chi connectivity index (χ3v) is 8.00. The third-order valence-electron chi connectivity index (χ3n) is 5.70. The molecule has 0 saturated heterocycles. The van der Waals surface area contributed by atoms with Crippen LogP contribution in [0.5, 0.6) is 0 Å². The second-order valence-electron chi connectivity index (χ2n) is 8.16. The van der Waals surface area contributed by atoms with Gasteiger partial charge in [-0.05, 0) is 55.2 Å². The quantitative estimate of drug-likeness (QED) is 0.367. The molecule has 2 aromatic carbocycles. The second-order valence-corrected chi connectivity index (χ2v) is 10.8. The van der Waals surface area contributed by atoms with Gasteiger partial charge in [0.1, 0.15) is 6.04 Å². The Balaban J connectivity index is 1.69. The molecule has 1 fully saturated rings. The van der Waals surface area contributed by atoms with Crippen molar-refractivity contribution in [3.05, 3.63) is 67.6 Å². The van der Waals surface area contributed by atoms with Crippen molar-refractivity contribution >= 4 is 70.0 Å². The van der Waals surface area contributed by atoms with E-state index >= 15 is 0 Å². The van der Waals surface area contributed by atoms with Gasteiger partial charge in [0.2, 0.25) is 11.8 Å². The Morgan fingerprint density at radius 2 is 1.76 bits per heavy atom. The summed E-state index contributed by atoms with van der Waals surface area (Å²) < 4.78 is 0. The Bertz CT molecular complexity index is 998. The minimum absolute atomic E-state index is 0.134. The van der Waals surface area contributed by atoms with E-state index in [1.165, 1.54) is 11.8 Å². The van der Waals surface area contributed by atoms with E-state index in [4.69, 9.17) is 46.4 Å². The van der Waals surface area contributed by atoms with Crippen LogP contribution < -0.4 is 5.32 Å². The zero-order valence-electron chi connectivity index (χ0n) is 18.3. The molecule has 1 atom stereocenters. The predicted molar refractivity (Wildman–Crippen MR) is 139 cm³/mol. The number of carbonyl (C=O) groups is 2. The summed E-state index contributed by atoms with van der Waals surface area (Å²) >= 11 is 25.9. The van der Waals surface area contributed by atoms with Gasteiger partial charge in [0.05, 0.1) is 15.8 Å². The van der Waals surface area contributed by atoms with E-state index in [0.29, 0.717) is 25.8 Å². The summed E-state index contributed by atoms with van der Waals surface area (Å²) in [6.07, 6.45) is 4.21. The van der Waals surface area contributed by atoms with E-state index in [9.17, 15) is 9.59 Å². The highest BCUT2D eigenvalue weighted by molar-refractivity contribution is 7.99. The lowest BCUT2D eigenvalue weighted by molar-refractivity contribution is -0.138. The SMILES string of the molecule is CC(C(=O)NC1CCCC1)N(Cc1ccc(Cl)c(Cl)c1)C(=O)CSCc1ccc(Cl)cc1Cl. The van der Waals surface area contributed by atoms with Gasteiger partial charge in [-0.3, -0.25) is 9.59 Å². The van der Waals surface area contributed by atoms with Crippen molar-refractivity contribution < 1.29 is 9.59 Å². The normalized spacial score (nSPS) is 14.8. The van der Waals surface area contributed by atoms with Gasteiger partial charge in [0, 0.05) is 28.4 Å². The average molecular weight is 548 g/mol. The third kappa shape index (κ3) is 7.69. The summed E-state index contributed by atoms with van der Waals surface area (Å²) in [5.74, 6) is 0.498. The molecule has 0 heterocycles. The van der Waals surface area contributed by atoms with Crippen molar-refractivity contribution in [2.45, 2.75) is 57.0 Å². The maximum atomic E-state index is 13.2. The van der Waals surface area contributed by atoms with Crippen LogP contribution in [0.3, 0.4) is 0 Å². The summed E-state index contributed by atoms with van der Waals surface area (Å²) in [5, 5.41) is 5.09. The molecule has 4 nitrogen and oxygen atoms in total. The molecule has 2 amide bonds. The van der Waals surface area contributed by atoms with E-state index in [1.807, 2.05) is 12.1 Å². The molecule has 1 saturated carbocycles. The topological polar surface area (TPSA) is 49.4 Å². The molecule has 1 unspecified atom stereocenters. The highest BCUT2D eigenvalue weighted by Gasteiger charge is 2.28. The summed E-state index contributed by atoms with van der Waals surface area (Å²) in [6, 6.07) is 10.1. The van der Waals surface area contributed by atoms with Crippen molar-refractivity contribution in [2.24, 2.45) is 0 Å². The molecule has 1 aliphatic carbocycles. The van der Waals surface area contributed by atoms with Crippen LogP contribution in [0.15, 0.2) is 36.4 Å². The van der Waals surface area contributed by atoms with E-state index in [0.717, 1.165) is 36.8 Å². The number of halogens is 4. The highest BCUT2D eigenvalue weighted by atomic mass is 35.5. The molecule has 0 radical (unpaired) electrons. The minimum Gasteiger partial charge on any atom is -0.352 e. The number of nitrogens with one attached hydrogen (secondary N) is 1. The molecular formula is C24H26Cl4N2O2S. The fourth-order valence-electron chi connectivity index (χ4n) is 3.78. The predicted octanol–water partition coefficient (Wildman–Crippen LogP) is 7.01. The van der Waals surface area contributed by atoms with Crippen LogP contribution in [0.2, 0.25) is 20.1 Å². The second kappa shape index (κ2) is 12.6. The Hall–Kier alpha value is -1.11. The van der Waals surface area contributed by atoms with Crippen LogP contribution in [-0.2, 0) is 21.9 Å². The van der Waals surface area contributed by atoms with Crippen LogP contribution in [0.4, 0.5) is 0 Å². The van der Waals surface area contributed by atoms with Crippen molar-refractivity contribution in [2.75, 3.05) is 5.75 Å². The number of carbonyl (C=O) groups excluding carboxylic acids is 2. The number of hydrogen-bond donors (Lipinski definition) is 1. The summed E-state index contributed by atoms with van der Waals surface area (Å²) in [4.78, 5) is 27.8. The number of nitrogens with zero attached hydrogens (tertiary/aromatic N) is 1. The number of hydrogen-bond acceptors (Lipinski definition) is 3. The largest absolute Gasteiger partial charge is 0.352 e. The van der Waals surface area contributed by atoms with Gasteiger partial charge in [-0.1, -0.05) is 71.4 Å².